The first kappa shape index (κ1) is 8.21. The van der Waals surface area contributed by atoms with E-state index in [0.717, 1.165) is 13.1 Å². The Kier molecular flexibility index (Phi) is 3.05. The molecule has 0 fully saturated rings. The van der Waals surface area contributed by atoms with Gasteiger partial charge in [-0.1, -0.05) is 6.92 Å². The van der Waals surface area contributed by atoms with E-state index in [1.165, 1.54) is 5.56 Å². The van der Waals surface area contributed by atoms with Crippen LogP contribution in [0, 0.1) is 7.05 Å². The molecule has 0 radical (unpaired) electrons. The van der Waals surface area contributed by atoms with Gasteiger partial charge in [0.2, 0.25) is 0 Å². The Morgan fingerprint density at radius 2 is 2.09 bits per heavy atom. The van der Waals surface area contributed by atoms with Gasteiger partial charge >= 0.3 is 0 Å². The van der Waals surface area contributed by atoms with E-state index < -0.39 is 0 Å². The van der Waals surface area contributed by atoms with Crippen LogP contribution in [-0.4, -0.2) is 16.4 Å². The Bertz CT molecular complexity index is 196. The van der Waals surface area contributed by atoms with Crippen molar-refractivity contribution in [1.82, 2.24) is 9.88 Å². The van der Waals surface area contributed by atoms with E-state index in [4.69, 9.17) is 0 Å². The molecule has 0 saturated heterocycles. The highest BCUT2D eigenvalue weighted by Crippen LogP contribution is 2.00. The van der Waals surface area contributed by atoms with Crippen molar-refractivity contribution >= 4 is 0 Å². The van der Waals surface area contributed by atoms with Crippen LogP contribution in [0.1, 0.15) is 12.5 Å². The van der Waals surface area contributed by atoms with Crippen LogP contribution in [0.3, 0.4) is 0 Å². The Balaban J connectivity index is 2.51. The third kappa shape index (κ3) is 2.68. The second kappa shape index (κ2) is 4.09. The number of hydrogen-bond acceptors (Lipinski definition) is 2. The lowest BCUT2D eigenvalue weighted by molar-refractivity contribution is 0.384. The van der Waals surface area contributed by atoms with E-state index in [1.807, 2.05) is 17.0 Å². The molecule has 1 aromatic rings. The third-order valence-corrected chi connectivity index (χ3v) is 1.60. The lowest BCUT2D eigenvalue weighted by Gasteiger charge is -2.22. The fourth-order valence-corrected chi connectivity index (χ4v) is 0.858. The van der Waals surface area contributed by atoms with E-state index in [2.05, 4.69) is 19.0 Å². The van der Waals surface area contributed by atoms with Crippen LogP contribution in [0.4, 0.5) is 0 Å². The van der Waals surface area contributed by atoms with Crippen LogP contribution in [0.25, 0.3) is 0 Å². The minimum absolute atomic E-state index is 0.902. The molecule has 0 amide bonds. The smallest absolute Gasteiger partial charge is 0.0271 e. The van der Waals surface area contributed by atoms with Gasteiger partial charge in [0, 0.05) is 12.4 Å². The maximum atomic E-state index is 3.94. The van der Waals surface area contributed by atoms with Gasteiger partial charge in [0.1, 0.15) is 0 Å². The highest BCUT2D eigenvalue weighted by Gasteiger charge is 1.89. The highest BCUT2D eigenvalue weighted by atomic mass is 15.1. The maximum Gasteiger partial charge on any atom is 0.0271 e. The summed E-state index contributed by atoms with van der Waals surface area (Å²) in [5, 5.41) is 0. The van der Waals surface area contributed by atoms with Crippen molar-refractivity contribution in [3.05, 3.63) is 37.1 Å². The van der Waals surface area contributed by atoms with Crippen molar-refractivity contribution in [3.8, 4) is 0 Å². The summed E-state index contributed by atoms with van der Waals surface area (Å²) in [6, 6.07) is 4.02. The fourth-order valence-electron chi connectivity index (χ4n) is 0.858. The molecule has 0 aromatic carbocycles. The average Bonchev–Trinajstić information content (AvgIpc) is 2.06. The minimum Gasteiger partial charge on any atom is -0.456 e. The molecule has 0 unspecified atom stereocenters. The van der Waals surface area contributed by atoms with E-state index in [1.54, 1.807) is 12.4 Å². The summed E-state index contributed by atoms with van der Waals surface area (Å²) < 4.78 is 0. The van der Waals surface area contributed by atoms with Crippen LogP contribution in [0.5, 0.6) is 0 Å². The van der Waals surface area contributed by atoms with Crippen LogP contribution in [-0.2, 0) is 6.54 Å². The molecular formula is C9H13N2-. The van der Waals surface area contributed by atoms with Crippen molar-refractivity contribution in [1.29, 1.82) is 0 Å². The zero-order valence-electron chi connectivity index (χ0n) is 6.83. The number of nitrogens with zero attached hydrogens (tertiary/aromatic N) is 2. The molecule has 0 aliphatic carbocycles. The van der Waals surface area contributed by atoms with E-state index >= 15 is 0 Å². The van der Waals surface area contributed by atoms with Gasteiger partial charge in [-0.3, -0.25) is 12.0 Å². The summed E-state index contributed by atoms with van der Waals surface area (Å²) in [4.78, 5) is 5.95. The number of rotatable bonds is 3. The van der Waals surface area contributed by atoms with Crippen molar-refractivity contribution in [2.45, 2.75) is 13.5 Å². The quantitative estimate of drug-likeness (QED) is 0.608. The number of pyridine rings is 1. The first-order chi connectivity index (χ1) is 5.33. The molecule has 0 aliphatic heterocycles. The van der Waals surface area contributed by atoms with Gasteiger partial charge in [0.25, 0.3) is 0 Å². The monoisotopic (exact) mass is 149 g/mol. The molecular weight excluding hydrogens is 136 g/mol. The van der Waals surface area contributed by atoms with Crippen LogP contribution in [0.2, 0.25) is 0 Å². The molecule has 2 heteroatoms. The Morgan fingerprint density at radius 3 is 2.64 bits per heavy atom. The second-order valence-electron chi connectivity index (χ2n) is 2.50. The Labute approximate surface area is 67.9 Å². The maximum absolute atomic E-state index is 3.94. The van der Waals surface area contributed by atoms with Gasteiger partial charge < -0.3 is 4.90 Å². The fraction of sp³-hybridized carbons (Fsp3) is 0.333. The molecule has 1 aromatic heterocycles. The summed E-state index contributed by atoms with van der Waals surface area (Å²) >= 11 is 0. The largest absolute Gasteiger partial charge is 0.456 e. The summed E-state index contributed by atoms with van der Waals surface area (Å²) in [5.74, 6) is 0. The van der Waals surface area contributed by atoms with Gasteiger partial charge in [0.05, 0.1) is 0 Å². The Hall–Kier alpha value is -0.890. The molecule has 1 rings (SSSR count). The first-order valence-corrected chi connectivity index (χ1v) is 3.77. The molecule has 60 valence electrons. The minimum atomic E-state index is 0.902. The predicted octanol–water partition coefficient (Wildman–Crippen LogP) is 1.70. The third-order valence-electron chi connectivity index (χ3n) is 1.60. The van der Waals surface area contributed by atoms with Crippen molar-refractivity contribution in [2.24, 2.45) is 0 Å². The van der Waals surface area contributed by atoms with Crippen molar-refractivity contribution in [2.75, 3.05) is 6.54 Å². The van der Waals surface area contributed by atoms with E-state index in [0.29, 0.717) is 0 Å². The predicted molar refractivity (Wildman–Crippen MR) is 45.7 cm³/mol. The van der Waals surface area contributed by atoms with Gasteiger partial charge in [-0.05, 0) is 30.8 Å². The SMILES string of the molecule is [CH2-]N(CC)Cc1ccncc1. The zero-order valence-corrected chi connectivity index (χ0v) is 6.83. The highest BCUT2D eigenvalue weighted by molar-refractivity contribution is 5.09. The lowest BCUT2D eigenvalue weighted by Crippen LogP contribution is -2.13. The molecule has 0 N–H and O–H groups in total. The number of hydrogen-bond donors (Lipinski definition) is 0. The molecule has 0 saturated carbocycles. The first-order valence-electron chi connectivity index (χ1n) is 3.77. The summed E-state index contributed by atoms with van der Waals surface area (Å²) in [6.45, 7) is 3.97. The molecule has 0 bridgehead atoms. The number of aromatic nitrogens is 1. The summed E-state index contributed by atoms with van der Waals surface area (Å²) in [5.41, 5.74) is 1.26. The molecule has 11 heavy (non-hydrogen) atoms. The molecule has 2 nitrogen and oxygen atoms in total. The summed E-state index contributed by atoms with van der Waals surface area (Å²) in [7, 11) is 3.86. The molecule has 0 atom stereocenters. The zero-order chi connectivity index (χ0) is 8.10. The normalized spacial score (nSPS) is 10.5. The van der Waals surface area contributed by atoms with E-state index in [9.17, 15) is 0 Å². The lowest BCUT2D eigenvalue weighted by atomic mass is 10.2. The van der Waals surface area contributed by atoms with Crippen LogP contribution < -0.4 is 0 Å². The van der Waals surface area contributed by atoms with Crippen molar-refractivity contribution < 1.29 is 0 Å². The Morgan fingerprint density at radius 1 is 1.45 bits per heavy atom. The van der Waals surface area contributed by atoms with Crippen LogP contribution in [0.15, 0.2) is 24.5 Å². The van der Waals surface area contributed by atoms with Crippen molar-refractivity contribution in [3.63, 3.8) is 0 Å². The van der Waals surface area contributed by atoms with Gasteiger partial charge in [-0.2, -0.15) is 0 Å². The standard InChI is InChI=1S/C9H13N2/c1-3-11(2)8-9-4-6-10-7-5-9/h4-7H,2-3,8H2,1H3/q-1. The van der Waals surface area contributed by atoms with E-state index in [-0.39, 0.29) is 0 Å². The van der Waals surface area contributed by atoms with Gasteiger partial charge in [-0.25, -0.2) is 0 Å². The summed E-state index contributed by atoms with van der Waals surface area (Å²) in [6.07, 6.45) is 3.61. The van der Waals surface area contributed by atoms with Gasteiger partial charge in [0.15, 0.2) is 0 Å². The average molecular weight is 149 g/mol. The molecule has 0 spiro atoms. The molecule has 1 heterocycles. The van der Waals surface area contributed by atoms with Crippen LogP contribution >= 0.6 is 0 Å². The topological polar surface area (TPSA) is 16.1 Å². The second-order valence-corrected chi connectivity index (χ2v) is 2.50. The molecule has 0 aliphatic rings. The van der Waals surface area contributed by atoms with Gasteiger partial charge in [-0.15, -0.1) is 0 Å².